The molecule has 5 unspecified atom stereocenters. The summed E-state index contributed by atoms with van der Waals surface area (Å²) in [7, 11) is 0. The number of aliphatic hydroxyl groups is 1. The molecular formula is C28H32F3NO2. The highest BCUT2D eigenvalue weighted by molar-refractivity contribution is 5.64. The number of rotatable bonds is 3. The van der Waals surface area contributed by atoms with Crippen LogP contribution < -0.4 is 0 Å². The Bertz CT molecular complexity index is 1050. The second kappa shape index (κ2) is 8.80. The van der Waals surface area contributed by atoms with Crippen LogP contribution in [0.1, 0.15) is 57.2 Å². The van der Waals surface area contributed by atoms with Crippen LogP contribution in [0.2, 0.25) is 0 Å². The lowest BCUT2D eigenvalue weighted by Gasteiger charge is -2.48. The minimum atomic E-state index is -4.37. The minimum absolute atomic E-state index is 0.00577. The second-order valence-electron chi connectivity index (χ2n) is 10.5. The average Bonchev–Trinajstić information content (AvgIpc) is 3.04. The molecule has 1 N–H and O–H groups in total. The van der Waals surface area contributed by atoms with Gasteiger partial charge < -0.3 is 9.84 Å². The minimum Gasteiger partial charge on any atom is -0.365 e. The number of nitrogens with zero attached hydrogens (tertiary/aromatic N) is 1. The normalized spacial score (nSPS) is 35.8. The van der Waals surface area contributed by atoms with E-state index in [1.165, 1.54) is 31.7 Å². The quantitative estimate of drug-likeness (QED) is 0.526. The number of halogens is 3. The van der Waals surface area contributed by atoms with Gasteiger partial charge in [0.2, 0.25) is 0 Å². The summed E-state index contributed by atoms with van der Waals surface area (Å²) in [6, 6.07) is 9.00. The van der Waals surface area contributed by atoms with Crippen molar-refractivity contribution in [3.8, 4) is 11.1 Å². The molecule has 6 heteroatoms. The van der Waals surface area contributed by atoms with Gasteiger partial charge in [0.1, 0.15) is 0 Å². The number of allylic oxidation sites excluding steroid dienone is 1. The fraction of sp³-hybridized carbons (Fsp3) is 0.536. The van der Waals surface area contributed by atoms with Crippen molar-refractivity contribution in [3.05, 3.63) is 59.9 Å². The molecule has 2 saturated carbocycles. The number of aromatic nitrogens is 1. The Balaban J connectivity index is 1.38. The number of pyridine rings is 1. The van der Waals surface area contributed by atoms with E-state index in [0.29, 0.717) is 28.9 Å². The van der Waals surface area contributed by atoms with Gasteiger partial charge >= 0.3 is 6.18 Å². The van der Waals surface area contributed by atoms with E-state index in [4.69, 9.17) is 4.74 Å². The SMILES string of the molecule is C[C@H]1OC(C)(O)C2CC3CCCCC3[C@H](/C=C/c3ccc(-c4cccc(C(F)(F)F)c4)cn3)C21. The van der Waals surface area contributed by atoms with Gasteiger partial charge in [0.05, 0.1) is 17.4 Å². The van der Waals surface area contributed by atoms with Crippen LogP contribution in [-0.2, 0) is 10.9 Å². The van der Waals surface area contributed by atoms with E-state index in [0.717, 1.165) is 24.2 Å². The molecule has 1 aromatic heterocycles. The van der Waals surface area contributed by atoms with Crippen molar-refractivity contribution < 1.29 is 23.0 Å². The fourth-order valence-corrected chi connectivity index (χ4v) is 6.86. The highest BCUT2D eigenvalue weighted by Crippen LogP contribution is 2.57. The lowest BCUT2D eigenvalue weighted by atomic mass is 9.56. The van der Waals surface area contributed by atoms with Crippen molar-refractivity contribution in [1.82, 2.24) is 4.98 Å². The maximum Gasteiger partial charge on any atom is 0.416 e. The molecule has 7 atom stereocenters. The van der Waals surface area contributed by atoms with Crippen LogP contribution in [0.3, 0.4) is 0 Å². The first-order valence-corrected chi connectivity index (χ1v) is 12.4. The molecule has 0 radical (unpaired) electrons. The monoisotopic (exact) mass is 471 g/mol. The molecule has 0 bridgehead atoms. The Morgan fingerprint density at radius 3 is 2.65 bits per heavy atom. The Labute approximate surface area is 199 Å². The zero-order valence-electron chi connectivity index (χ0n) is 19.6. The number of hydrogen-bond acceptors (Lipinski definition) is 3. The smallest absolute Gasteiger partial charge is 0.365 e. The first-order chi connectivity index (χ1) is 16.1. The van der Waals surface area contributed by atoms with Crippen LogP contribution >= 0.6 is 0 Å². The highest BCUT2D eigenvalue weighted by Gasteiger charge is 2.57. The Hall–Kier alpha value is -2.18. The second-order valence-corrected chi connectivity index (χ2v) is 10.5. The van der Waals surface area contributed by atoms with Crippen LogP contribution in [0.4, 0.5) is 13.2 Å². The van der Waals surface area contributed by atoms with Gasteiger partial charge in [0.15, 0.2) is 5.79 Å². The number of ether oxygens (including phenoxy) is 1. The predicted octanol–water partition coefficient (Wildman–Crippen LogP) is 6.97. The number of benzene rings is 1. The van der Waals surface area contributed by atoms with Gasteiger partial charge in [-0.25, -0.2) is 0 Å². The van der Waals surface area contributed by atoms with Gasteiger partial charge in [-0.1, -0.05) is 43.5 Å². The Kier molecular flexibility index (Phi) is 6.09. The highest BCUT2D eigenvalue weighted by atomic mass is 19.4. The molecule has 3 fully saturated rings. The lowest BCUT2D eigenvalue weighted by molar-refractivity contribution is -0.199. The first kappa shape index (κ1) is 23.6. The molecule has 2 heterocycles. The third-order valence-electron chi connectivity index (χ3n) is 8.38. The molecule has 0 amide bonds. The third-order valence-corrected chi connectivity index (χ3v) is 8.38. The van der Waals surface area contributed by atoms with Crippen molar-refractivity contribution >= 4 is 6.08 Å². The summed E-state index contributed by atoms with van der Waals surface area (Å²) in [5, 5.41) is 10.9. The van der Waals surface area contributed by atoms with Crippen LogP contribution in [0.25, 0.3) is 17.2 Å². The van der Waals surface area contributed by atoms with Crippen molar-refractivity contribution in [2.75, 3.05) is 0 Å². The van der Waals surface area contributed by atoms with E-state index in [-0.39, 0.29) is 17.9 Å². The summed E-state index contributed by atoms with van der Waals surface area (Å²) in [5.74, 6) is 0.848. The molecule has 2 aromatic rings. The molecule has 1 saturated heterocycles. The molecule has 1 aliphatic heterocycles. The van der Waals surface area contributed by atoms with E-state index in [1.54, 1.807) is 12.3 Å². The van der Waals surface area contributed by atoms with Crippen LogP contribution in [0.15, 0.2) is 48.7 Å². The van der Waals surface area contributed by atoms with Crippen LogP contribution in [0.5, 0.6) is 0 Å². The average molecular weight is 472 g/mol. The van der Waals surface area contributed by atoms with Crippen molar-refractivity contribution in [2.45, 2.75) is 64.0 Å². The van der Waals surface area contributed by atoms with E-state index < -0.39 is 17.5 Å². The van der Waals surface area contributed by atoms with Gasteiger partial charge in [-0.3, -0.25) is 4.98 Å². The van der Waals surface area contributed by atoms with Crippen molar-refractivity contribution in [2.24, 2.45) is 29.6 Å². The van der Waals surface area contributed by atoms with Gasteiger partial charge in [-0.05, 0) is 80.2 Å². The van der Waals surface area contributed by atoms with E-state index in [2.05, 4.69) is 18.0 Å². The lowest BCUT2D eigenvalue weighted by Crippen LogP contribution is -2.45. The molecule has 3 aliphatic rings. The zero-order chi connectivity index (χ0) is 24.1. The molecule has 1 aromatic carbocycles. The molecule has 34 heavy (non-hydrogen) atoms. The summed E-state index contributed by atoms with van der Waals surface area (Å²) < 4.78 is 45.2. The molecule has 2 aliphatic carbocycles. The van der Waals surface area contributed by atoms with Gasteiger partial charge in [0, 0.05) is 17.7 Å². The summed E-state index contributed by atoms with van der Waals surface area (Å²) in [4.78, 5) is 4.52. The van der Waals surface area contributed by atoms with E-state index in [9.17, 15) is 18.3 Å². The number of alkyl halides is 3. The molecule has 0 spiro atoms. The number of hydrogen-bond donors (Lipinski definition) is 1. The van der Waals surface area contributed by atoms with E-state index >= 15 is 0 Å². The Morgan fingerprint density at radius 1 is 1.12 bits per heavy atom. The predicted molar refractivity (Wildman–Crippen MR) is 125 cm³/mol. The summed E-state index contributed by atoms with van der Waals surface area (Å²) in [5.41, 5.74) is 1.27. The van der Waals surface area contributed by atoms with Gasteiger partial charge in [-0.2, -0.15) is 13.2 Å². The molecule has 182 valence electrons. The fourth-order valence-electron chi connectivity index (χ4n) is 6.86. The van der Waals surface area contributed by atoms with Gasteiger partial charge in [0.25, 0.3) is 0 Å². The summed E-state index contributed by atoms with van der Waals surface area (Å²) in [6.45, 7) is 3.89. The first-order valence-electron chi connectivity index (χ1n) is 12.4. The molecule has 3 nitrogen and oxygen atoms in total. The Morgan fingerprint density at radius 2 is 1.91 bits per heavy atom. The summed E-state index contributed by atoms with van der Waals surface area (Å²) in [6.07, 6.45) is 7.51. The van der Waals surface area contributed by atoms with Gasteiger partial charge in [-0.15, -0.1) is 0 Å². The third kappa shape index (κ3) is 4.42. The zero-order valence-corrected chi connectivity index (χ0v) is 19.6. The van der Waals surface area contributed by atoms with Crippen molar-refractivity contribution in [3.63, 3.8) is 0 Å². The largest absolute Gasteiger partial charge is 0.416 e. The van der Waals surface area contributed by atoms with Crippen molar-refractivity contribution in [1.29, 1.82) is 0 Å². The number of fused-ring (bicyclic) bond motifs is 2. The maximum absolute atomic E-state index is 13.1. The topological polar surface area (TPSA) is 42.4 Å². The van der Waals surface area contributed by atoms with E-state index in [1.807, 2.05) is 25.1 Å². The van der Waals surface area contributed by atoms with Crippen LogP contribution in [-0.4, -0.2) is 22.0 Å². The maximum atomic E-state index is 13.1. The standard InChI is InChI=1S/C28H32F3NO2/c1-17-26-24(23-9-4-3-6-19(23)15-25(26)27(2,33)34-17)13-12-22-11-10-20(16-32-22)18-7-5-8-21(14-18)28(29,30)31/h5,7-8,10-14,16-17,19,23-26,33H,3-4,6,9,15H2,1-2H3/b13-12+/t17-,19?,23?,24+,25?,26?,27?/m1/s1. The molecule has 5 rings (SSSR count). The summed E-state index contributed by atoms with van der Waals surface area (Å²) >= 11 is 0. The van der Waals surface area contributed by atoms with Crippen LogP contribution in [0, 0.1) is 29.6 Å². The molecular weight excluding hydrogens is 439 g/mol.